The number of alkyl halides is 1. The SMILES string of the molecule is CC(N)(O)CC(C)(C)Br. The second-order valence-corrected chi connectivity index (χ2v) is 5.40. The van der Waals surface area contributed by atoms with Crippen LogP contribution >= 0.6 is 15.9 Å². The molecule has 0 amide bonds. The summed E-state index contributed by atoms with van der Waals surface area (Å²) >= 11 is 3.37. The second kappa shape index (κ2) is 2.56. The fourth-order valence-corrected chi connectivity index (χ4v) is 1.42. The molecule has 0 rings (SSSR count). The third-order valence-corrected chi connectivity index (χ3v) is 1.06. The molecule has 3 N–H and O–H groups in total. The van der Waals surface area contributed by atoms with Gasteiger partial charge in [-0.25, -0.2) is 0 Å². The van der Waals surface area contributed by atoms with Gasteiger partial charge in [0.05, 0.1) is 0 Å². The Morgan fingerprint density at radius 2 is 1.78 bits per heavy atom. The minimum Gasteiger partial charge on any atom is -0.376 e. The Morgan fingerprint density at radius 1 is 1.44 bits per heavy atom. The molecule has 2 nitrogen and oxygen atoms in total. The van der Waals surface area contributed by atoms with Crippen LogP contribution in [0.15, 0.2) is 0 Å². The summed E-state index contributed by atoms with van der Waals surface area (Å²) in [6.45, 7) is 5.53. The first-order valence-corrected chi connectivity index (χ1v) is 3.70. The van der Waals surface area contributed by atoms with E-state index in [1.165, 1.54) is 0 Å². The molecule has 0 radical (unpaired) electrons. The molecule has 56 valence electrons. The summed E-state index contributed by atoms with van der Waals surface area (Å²) in [7, 11) is 0. The molecule has 3 heteroatoms. The summed E-state index contributed by atoms with van der Waals surface area (Å²) < 4.78 is -0.0781. The van der Waals surface area contributed by atoms with Crippen LogP contribution in [0.25, 0.3) is 0 Å². The first-order valence-electron chi connectivity index (χ1n) is 2.91. The molecule has 0 saturated carbocycles. The minimum atomic E-state index is -1.06. The number of hydrogen-bond donors (Lipinski definition) is 2. The van der Waals surface area contributed by atoms with Gasteiger partial charge in [0.25, 0.3) is 0 Å². The quantitative estimate of drug-likeness (QED) is 0.515. The average Bonchev–Trinajstić information content (AvgIpc) is 1.14. The van der Waals surface area contributed by atoms with E-state index in [0.29, 0.717) is 6.42 Å². The lowest BCUT2D eigenvalue weighted by Gasteiger charge is -2.25. The van der Waals surface area contributed by atoms with Crippen LogP contribution in [0.3, 0.4) is 0 Å². The lowest BCUT2D eigenvalue weighted by molar-refractivity contribution is 0.0508. The van der Waals surface area contributed by atoms with Gasteiger partial charge in [-0.3, -0.25) is 0 Å². The Balaban J connectivity index is 3.75. The third-order valence-electron chi connectivity index (χ3n) is 0.778. The van der Waals surface area contributed by atoms with Crippen molar-refractivity contribution < 1.29 is 5.11 Å². The maximum absolute atomic E-state index is 9.10. The molecule has 9 heavy (non-hydrogen) atoms. The molecule has 0 spiro atoms. The molecule has 0 fully saturated rings. The third kappa shape index (κ3) is 8.40. The Kier molecular flexibility index (Phi) is 2.68. The van der Waals surface area contributed by atoms with Crippen molar-refractivity contribution in [3.05, 3.63) is 0 Å². The fourth-order valence-electron chi connectivity index (χ4n) is 0.851. The maximum atomic E-state index is 9.10. The molecular weight excluding hydrogens is 182 g/mol. The van der Waals surface area contributed by atoms with E-state index in [0.717, 1.165) is 0 Å². The minimum absolute atomic E-state index is 0.0781. The van der Waals surface area contributed by atoms with Crippen LogP contribution < -0.4 is 5.73 Å². The van der Waals surface area contributed by atoms with Crippen LogP contribution in [0.1, 0.15) is 27.2 Å². The number of nitrogens with two attached hydrogens (primary N) is 1. The van der Waals surface area contributed by atoms with Gasteiger partial charge in [-0.05, 0) is 20.8 Å². The van der Waals surface area contributed by atoms with Crippen molar-refractivity contribution in [2.24, 2.45) is 5.73 Å². The van der Waals surface area contributed by atoms with E-state index in [2.05, 4.69) is 15.9 Å². The molecule has 0 heterocycles. The normalized spacial score (nSPS) is 19.3. The highest BCUT2D eigenvalue weighted by Gasteiger charge is 2.24. The fraction of sp³-hybridized carbons (Fsp3) is 1.00. The summed E-state index contributed by atoms with van der Waals surface area (Å²) in [6.07, 6.45) is 0.542. The maximum Gasteiger partial charge on any atom is 0.112 e. The van der Waals surface area contributed by atoms with Crippen LogP contribution in [-0.2, 0) is 0 Å². The van der Waals surface area contributed by atoms with Crippen LogP contribution in [0.4, 0.5) is 0 Å². The van der Waals surface area contributed by atoms with Crippen molar-refractivity contribution in [2.45, 2.75) is 37.2 Å². The van der Waals surface area contributed by atoms with Gasteiger partial charge in [0.15, 0.2) is 0 Å². The highest BCUT2D eigenvalue weighted by atomic mass is 79.9. The van der Waals surface area contributed by atoms with Gasteiger partial charge in [0.2, 0.25) is 0 Å². The Morgan fingerprint density at radius 3 is 1.78 bits per heavy atom. The average molecular weight is 196 g/mol. The molecule has 0 aliphatic carbocycles. The second-order valence-electron chi connectivity index (χ2n) is 3.25. The van der Waals surface area contributed by atoms with Crippen LogP contribution in [0, 0.1) is 0 Å². The zero-order chi connectivity index (χ0) is 7.71. The first kappa shape index (κ1) is 9.40. The molecule has 1 unspecified atom stereocenters. The lowest BCUT2D eigenvalue weighted by Crippen LogP contribution is -2.40. The molecule has 0 saturated heterocycles. The standard InChI is InChI=1S/C6H14BrNO/c1-5(2,7)4-6(3,8)9/h9H,4,8H2,1-3H3. The van der Waals surface area contributed by atoms with Crippen molar-refractivity contribution in [1.29, 1.82) is 0 Å². The van der Waals surface area contributed by atoms with Crippen molar-refractivity contribution in [3.63, 3.8) is 0 Å². The van der Waals surface area contributed by atoms with Crippen LogP contribution in [-0.4, -0.2) is 15.2 Å². The molecule has 0 aromatic carbocycles. The van der Waals surface area contributed by atoms with Gasteiger partial charge in [-0.1, -0.05) is 15.9 Å². The highest BCUT2D eigenvalue weighted by Crippen LogP contribution is 2.24. The predicted octanol–water partition coefficient (Wildman–Crippen LogP) is 1.22. The number of halogens is 1. The lowest BCUT2D eigenvalue weighted by atomic mass is 10.0. The summed E-state index contributed by atoms with van der Waals surface area (Å²) in [4.78, 5) is 0. The summed E-state index contributed by atoms with van der Waals surface area (Å²) in [5, 5.41) is 9.10. The van der Waals surface area contributed by atoms with Gasteiger partial charge in [-0.2, -0.15) is 0 Å². The van der Waals surface area contributed by atoms with Gasteiger partial charge in [0.1, 0.15) is 5.72 Å². The number of aliphatic hydroxyl groups is 1. The summed E-state index contributed by atoms with van der Waals surface area (Å²) in [5.41, 5.74) is 4.28. The topological polar surface area (TPSA) is 46.2 Å². The highest BCUT2D eigenvalue weighted by molar-refractivity contribution is 9.10. The molecular formula is C6H14BrNO. The van der Waals surface area contributed by atoms with E-state index in [-0.39, 0.29) is 4.32 Å². The molecule has 0 aromatic heterocycles. The Hall–Kier alpha value is 0.400. The number of rotatable bonds is 2. The van der Waals surface area contributed by atoms with Crippen molar-refractivity contribution in [3.8, 4) is 0 Å². The zero-order valence-corrected chi connectivity index (χ0v) is 7.70. The largest absolute Gasteiger partial charge is 0.376 e. The van der Waals surface area contributed by atoms with Gasteiger partial charge >= 0.3 is 0 Å². The Labute approximate surface area is 64.6 Å². The van der Waals surface area contributed by atoms with Crippen molar-refractivity contribution in [1.82, 2.24) is 0 Å². The van der Waals surface area contributed by atoms with Gasteiger partial charge in [-0.15, -0.1) is 0 Å². The van der Waals surface area contributed by atoms with Crippen molar-refractivity contribution >= 4 is 15.9 Å². The van der Waals surface area contributed by atoms with E-state index in [1.54, 1.807) is 6.92 Å². The molecule has 1 atom stereocenters. The summed E-state index contributed by atoms with van der Waals surface area (Å²) in [5.74, 6) is 0. The monoisotopic (exact) mass is 195 g/mol. The van der Waals surface area contributed by atoms with E-state index in [9.17, 15) is 0 Å². The Bertz CT molecular complexity index is 78.2. The van der Waals surface area contributed by atoms with E-state index in [1.807, 2.05) is 13.8 Å². The summed E-state index contributed by atoms with van der Waals surface area (Å²) in [6, 6.07) is 0. The number of hydrogen-bond acceptors (Lipinski definition) is 2. The van der Waals surface area contributed by atoms with Crippen LogP contribution in [0.5, 0.6) is 0 Å². The molecule has 0 aromatic rings. The van der Waals surface area contributed by atoms with E-state index in [4.69, 9.17) is 10.8 Å². The van der Waals surface area contributed by atoms with Crippen molar-refractivity contribution in [2.75, 3.05) is 0 Å². The smallest absolute Gasteiger partial charge is 0.112 e. The van der Waals surface area contributed by atoms with E-state index < -0.39 is 5.72 Å². The van der Waals surface area contributed by atoms with Crippen LogP contribution in [0.2, 0.25) is 0 Å². The first-order chi connectivity index (χ1) is 3.71. The predicted molar refractivity (Wildman–Crippen MR) is 42.4 cm³/mol. The molecule has 0 aliphatic rings. The molecule has 0 bridgehead atoms. The zero-order valence-electron chi connectivity index (χ0n) is 6.11. The molecule has 0 aliphatic heterocycles. The van der Waals surface area contributed by atoms with Gasteiger partial charge < -0.3 is 10.8 Å². The van der Waals surface area contributed by atoms with Gasteiger partial charge in [0, 0.05) is 10.7 Å². The van der Waals surface area contributed by atoms with E-state index >= 15 is 0 Å².